The molecule has 0 bridgehead atoms. The van der Waals surface area contributed by atoms with E-state index in [1.807, 2.05) is 12.1 Å². The summed E-state index contributed by atoms with van der Waals surface area (Å²) >= 11 is 1.57. The van der Waals surface area contributed by atoms with E-state index in [1.54, 1.807) is 32.1 Å². The van der Waals surface area contributed by atoms with Crippen molar-refractivity contribution in [3.63, 3.8) is 0 Å². The molecule has 5 nitrogen and oxygen atoms in total. The van der Waals surface area contributed by atoms with E-state index < -0.39 is 23.7 Å². The van der Waals surface area contributed by atoms with Crippen molar-refractivity contribution in [3.05, 3.63) is 21.9 Å². The van der Waals surface area contributed by atoms with Gasteiger partial charge in [0.1, 0.15) is 11.6 Å². The molecule has 0 radical (unpaired) electrons. The van der Waals surface area contributed by atoms with Gasteiger partial charge in [0, 0.05) is 16.2 Å². The van der Waals surface area contributed by atoms with Gasteiger partial charge in [-0.3, -0.25) is 0 Å². The smallest absolute Gasteiger partial charge is 0.408 e. The molecule has 1 rings (SSSR count). The van der Waals surface area contributed by atoms with Crippen LogP contribution in [0.4, 0.5) is 4.79 Å². The number of carbonyl (C=O) groups is 2. The largest absolute Gasteiger partial charge is 0.480 e. The van der Waals surface area contributed by atoms with E-state index in [0.717, 1.165) is 4.88 Å². The second kappa shape index (κ2) is 6.69. The Morgan fingerprint density at radius 2 is 1.82 bits per heavy atom. The Balaban J connectivity index is 2.75. The molecule has 0 aliphatic heterocycles. The molecule has 1 atom stereocenters. The van der Waals surface area contributed by atoms with Gasteiger partial charge in [0.15, 0.2) is 0 Å². The number of nitrogens with one attached hydrogen (secondary N) is 1. The first kappa shape index (κ1) is 18.5. The maximum Gasteiger partial charge on any atom is 0.408 e. The van der Waals surface area contributed by atoms with Crippen molar-refractivity contribution >= 4 is 23.4 Å². The molecule has 1 unspecified atom stereocenters. The molecule has 0 saturated carbocycles. The van der Waals surface area contributed by atoms with Crippen molar-refractivity contribution in [2.24, 2.45) is 0 Å². The second-order valence-electron chi connectivity index (χ2n) is 7.26. The number of rotatable bonds is 4. The van der Waals surface area contributed by atoms with Crippen LogP contribution in [-0.4, -0.2) is 28.8 Å². The van der Waals surface area contributed by atoms with Crippen molar-refractivity contribution in [2.45, 2.75) is 65.0 Å². The first-order valence-corrected chi connectivity index (χ1v) is 8.01. The molecule has 1 aromatic heterocycles. The second-order valence-corrected chi connectivity index (χ2v) is 8.43. The molecule has 0 spiro atoms. The summed E-state index contributed by atoms with van der Waals surface area (Å²) in [5.74, 6) is -1.07. The standard InChI is InChI=1S/C16H25NO4S/c1-15(2,3)12-8-7-10(22-12)9-11(13(18)19)17-14(20)21-16(4,5)6/h7-8,11H,9H2,1-6H3,(H,17,20)(H,18,19). The quantitative estimate of drug-likeness (QED) is 0.886. The summed E-state index contributed by atoms with van der Waals surface area (Å²) in [5, 5.41) is 11.7. The highest BCUT2D eigenvalue weighted by molar-refractivity contribution is 7.12. The van der Waals surface area contributed by atoms with Crippen LogP contribution in [0.25, 0.3) is 0 Å². The van der Waals surface area contributed by atoms with Gasteiger partial charge in [0.25, 0.3) is 0 Å². The van der Waals surface area contributed by atoms with Gasteiger partial charge >= 0.3 is 12.1 Å². The molecule has 1 aromatic rings. The van der Waals surface area contributed by atoms with Crippen molar-refractivity contribution in [2.75, 3.05) is 0 Å². The number of carboxylic acids is 1. The van der Waals surface area contributed by atoms with Gasteiger partial charge in [0.05, 0.1) is 0 Å². The lowest BCUT2D eigenvalue weighted by Gasteiger charge is -2.21. The zero-order chi connectivity index (χ0) is 17.1. The van der Waals surface area contributed by atoms with E-state index in [9.17, 15) is 14.7 Å². The van der Waals surface area contributed by atoms with Crippen LogP contribution in [0.1, 0.15) is 51.3 Å². The molecular weight excluding hydrogens is 302 g/mol. The van der Waals surface area contributed by atoms with Crippen LogP contribution in [-0.2, 0) is 21.4 Å². The maximum atomic E-state index is 11.7. The van der Waals surface area contributed by atoms with Gasteiger partial charge in [-0.25, -0.2) is 9.59 Å². The summed E-state index contributed by atoms with van der Waals surface area (Å²) in [5.41, 5.74) is -0.629. The fourth-order valence-corrected chi connectivity index (χ4v) is 2.85. The topological polar surface area (TPSA) is 75.6 Å². The Morgan fingerprint density at radius 3 is 2.23 bits per heavy atom. The van der Waals surface area contributed by atoms with Crippen LogP contribution in [0.2, 0.25) is 0 Å². The van der Waals surface area contributed by atoms with E-state index in [0.29, 0.717) is 0 Å². The number of aliphatic carboxylic acids is 1. The lowest BCUT2D eigenvalue weighted by molar-refractivity contribution is -0.139. The zero-order valence-corrected chi connectivity index (χ0v) is 14.8. The normalized spacial score (nSPS) is 13.5. The van der Waals surface area contributed by atoms with Crippen molar-refractivity contribution < 1.29 is 19.4 Å². The predicted octanol–water partition coefficient (Wildman–Crippen LogP) is 3.57. The fourth-order valence-electron chi connectivity index (χ4n) is 1.74. The summed E-state index contributed by atoms with van der Waals surface area (Å²) in [7, 11) is 0. The molecule has 6 heteroatoms. The minimum Gasteiger partial charge on any atom is -0.480 e. The number of hydrogen-bond donors (Lipinski definition) is 2. The average Bonchev–Trinajstić information content (AvgIpc) is 2.73. The van der Waals surface area contributed by atoms with Crippen LogP contribution in [0.3, 0.4) is 0 Å². The van der Waals surface area contributed by atoms with E-state index in [1.165, 1.54) is 4.88 Å². The molecule has 0 aliphatic rings. The number of ether oxygens (including phenoxy) is 1. The highest BCUT2D eigenvalue weighted by Crippen LogP contribution is 2.30. The summed E-state index contributed by atoms with van der Waals surface area (Å²) in [6.07, 6.45) is -0.470. The third-order valence-electron chi connectivity index (χ3n) is 2.80. The zero-order valence-electron chi connectivity index (χ0n) is 14.0. The van der Waals surface area contributed by atoms with Crippen molar-refractivity contribution in [1.29, 1.82) is 0 Å². The van der Waals surface area contributed by atoms with Crippen LogP contribution < -0.4 is 5.32 Å². The molecule has 1 heterocycles. The van der Waals surface area contributed by atoms with Crippen molar-refractivity contribution in [1.82, 2.24) is 5.32 Å². The highest BCUT2D eigenvalue weighted by Gasteiger charge is 2.25. The molecule has 0 fully saturated rings. The Kier molecular flexibility index (Phi) is 5.62. The molecular formula is C16H25NO4S. The number of carbonyl (C=O) groups excluding carboxylic acids is 1. The number of carboxylic acid groups (broad SMARTS) is 1. The van der Waals surface area contributed by atoms with Gasteiger partial charge < -0.3 is 15.2 Å². The van der Waals surface area contributed by atoms with Gasteiger partial charge in [-0.2, -0.15) is 0 Å². The molecule has 124 valence electrons. The van der Waals surface area contributed by atoms with Crippen molar-refractivity contribution in [3.8, 4) is 0 Å². The molecule has 0 aromatic carbocycles. The number of alkyl carbamates (subject to hydrolysis) is 1. The third-order valence-corrected chi connectivity index (χ3v) is 4.33. The Bertz CT molecular complexity index is 537. The molecule has 1 amide bonds. The van der Waals surface area contributed by atoms with E-state index in [-0.39, 0.29) is 11.8 Å². The Hall–Kier alpha value is -1.56. The summed E-state index contributed by atoms with van der Waals surface area (Å²) < 4.78 is 5.11. The van der Waals surface area contributed by atoms with Gasteiger partial charge in [-0.05, 0) is 38.3 Å². The average molecular weight is 327 g/mol. The highest BCUT2D eigenvalue weighted by atomic mass is 32.1. The van der Waals surface area contributed by atoms with Gasteiger partial charge in [-0.15, -0.1) is 11.3 Å². The van der Waals surface area contributed by atoms with E-state index >= 15 is 0 Å². The molecule has 2 N–H and O–H groups in total. The minimum absolute atomic E-state index is 0.0280. The first-order valence-electron chi connectivity index (χ1n) is 7.20. The third kappa shape index (κ3) is 6.05. The SMILES string of the molecule is CC(C)(C)OC(=O)NC(Cc1ccc(C(C)(C)C)s1)C(=O)O. The first-order chi connectivity index (χ1) is 9.88. The Morgan fingerprint density at radius 1 is 1.23 bits per heavy atom. The Labute approximate surface area is 135 Å². The molecule has 22 heavy (non-hydrogen) atoms. The maximum absolute atomic E-state index is 11.7. The predicted molar refractivity (Wildman–Crippen MR) is 87.5 cm³/mol. The molecule has 0 aliphatic carbocycles. The summed E-state index contributed by atoms with van der Waals surface area (Å²) in [6, 6.07) is 2.92. The summed E-state index contributed by atoms with van der Waals surface area (Å²) in [6.45, 7) is 11.5. The van der Waals surface area contributed by atoms with Crippen LogP contribution in [0.15, 0.2) is 12.1 Å². The van der Waals surface area contributed by atoms with E-state index in [2.05, 4.69) is 26.1 Å². The minimum atomic E-state index is -1.07. The number of amides is 1. The number of hydrogen-bond acceptors (Lipinski definition) is 4. The van der Waals surface area contributed by atoms with E-state index in [4.69, 9.17) is 4.74 Å². The lowest BCUT2D eigenvalue weighted by Crippen LogP contribution is -2.44. The van der Waals surface area contributed by atoms with Crippen LogP contribution >= 0.6 is 11.3 Å². The lowest BCUT2D eigenvalue weighted by atomic mass is 9.95. The number of thiophene rings is 1. The van der Waals surface area contributed by atoms with Crippen LogP contribution in [0.5, 0.6) is 0 Å². The monoisotopic (exact) mass is 327 g/mol. The molecule has 0 saturated heterocycles. The van der Waals surface area contributed by atoms with Crippen LogP contribution in [0, 0.1) is 0 Å². The fraction of sp³-hybridized carbons (Fsp3) is 0.625. The van der Waals surface area contributed by atoms with Gasteiger partial charge in [0.2, 0.25) is 0 Å². The summed E-state index contributed by atoms with van der Waals surface area (Å²) in [4.78, 5) is 25.2. The van der Waals surface area contributed by atoms with Gasteiger partial charge in [-0.1, -0.05) is 20.8 Å².